The summed E-state index contributed by atoms with van der Waals surface area (Å²) >= 11 is 0. The van der Waals surface area contributed by atoms with Crippen LogP contribution >= 0.6 is 0 Å². The van der Waals surface area contributed by atoms with E-state index in [0.29, 0.717) is 24.9 Å². The molecule has 13 heavy (non-hydrogen) atoms. The zero-order valence-electron chi connectivity index (χ0n) is 7.86. The van der Waals surface area contributed by atoms with Gasteiger partial charge in [-0.05, 0) is 13.3 Å². The summed E-state index contributed by atoms with van der Waals surface area (Å²) in [6, 6.07) is 0. The van der Waals surface area contributed by atoms with Crippen molar-refractivity contribution in [3.8, 4) is 0 Å². The van der Waals surface area contributed by atoms with Crippen LogP contribution < -0.4 is 0 Å². The molecule has 74 valence electrons. The maximum Gasteiger partial charge on any atom is 0.252 e. The number of rotatable bonds is 5. The summed E-state index contributed by atoms with van der Waals surface area (Å²) in [4.78, 5) is 3.93. The van der Waals surface area contributed by atoms with Crippen molar-refractivity contribution < 1.29 is 14.4 Å². The first-order valence-electron chi connectivity index (χ1n) is 4.32. The average Bonchev–Trinajstić information content (AvgIpc) is 2.53. The first-order valence-corrected chi connectivity index (χ1v) is 4.32. The predicted molar refractivity (Wildman–Crippen MR) is 44.9 cm³/mol. The SMILES string of the molecule is CCCOCc1nc(C(C)O)no1. The number of aliphatic hydroxyl groups is 1. The van der Waals surface area contributed by atoms with Crippen molar-refractivity contribution in [2.24, 2.45) is 0 Å². The summed E-state index contributed by atoms with van der Waals surface area (Å²) in [7, 11) is 0. The van der Waals surface area contributed by atoms with Crippen molar-refractivity contribution in [2.45, 2.75) is 33.0 Å². The Kier molecular flexibility index (Phi) is 3.85. The molecule has 0 saturated heterocycles. The molecule has 0 fully saturated rings. The van der Waals surface area contributed by atoms with Crippen LogP contribution in [0.3, 0.4) is 0 Å². The Bertz CT molecular complexity index is 247. The number of ether oxygens (including phenoxy) is 1. The fourth-order valence-corrected chi connectivity index (χ4v) is 0.800. The lowest BCUT2D eigenvalue weighted by atomic mass is 10.4. The molecule has 1 rings (SSSR count). The highest BCUT2D eigenvalue weighted by atomic mass is 16.5. The Morgan fingerprint density at radius 3 is 2.92 bits per heavy atom. The van der Waals surface area contributed by atoms with Gasteiger partial charge in [-0.25, -0.2) is 0 Å². The van der Waals surface area contributed by atoms with Crippen molar-refractivity contribution in [3.05, 3.63) is 11.7 Å². The lowest BCUT2D eigenvalue weighted by Gasteiger charge is -1.95. The molecule has 0 saturated carbocycles. The zero-order chi connectivity index (χ0) is 9.68. The van der Waals surface area contributed by atoms with Crippen LogP contribution in [0.5, 0.6) is 0 Å². The molecule has 0 aliphatic carbocycles. The van der Waals surface area contributed by atoms with Gasteiger partial charge >= 0.3 is 0 Å². The molecule has 5 nitrogen and oxygen atoms in total. The molecule has 0 spiro atoms. The monoisotopic (exact) mass is 186 g/mol. The molecule has 1 N–H and O–H groups in total. The van der Waals surface area contributed by atoms with Crippen LogP contribution in [-0.2, 0) is 11.3 Å². The quantitative estimate of drug-likeness (QED) is 0.696. The molecule has 1 aromatic rings. The molecule has 5 heteroatoms. The maximum absolute atomic E-state index is 9.08. The van der Waals surface area contributed by atoms with E-state index in [9.17, 15) is 0 Å². The molecule has 0 aromatic carbocycles. The van der Waals surface area contributed by atoms with E-state index in [2.05, 4.69) is 10.1 Å². The third-order valence-corrected chi connectivity index (χ3v) is 1.43. The van der Waals surface area contributed by atoms with Crippen LogP contribution in [0.25, 0.3) is 0 Å². The van der Waals surface area contributed by atoms with Gasteiger partial charge in [-0.3, -0.25) is 0 Å². The Morgan fingerprint density at radius 2 is 2.38 bits per heavy atom. The van der Waals surface area contributed by atoms with Crippen LogP contribution in [-0.4, -0.2) is 21.9 Å². The standard InChI is InChI=1S/C8H14N2O3/c1-3-4-12-5-7-9-8(6(2)11)10-13-7/h6,11H,3-5H2,1-2H3. The Morgan fingerprint density at radius 1 is 1.62 bits per heavy atom. The Hall–Kier alpha value is -0.940. The molecular weight excluding hydrogens is 172 g/mol. The normalized spacial score (nSPS) is 13.2. The molecule has 0 bridgehead atoms. The first kappa shape index (κ1) is 10.1. The largest absolute Gasteiger partial charge is 0.385 e. The van der Waals surface area contributed by atoms with E-state index in [4.69, 9.17) is 14.4 Å². The van der Waals surface area contributed by atoms with Crippen molar-refractivity contribution >= 4 is 0 Å². The molecule has 1 unspecified atom stereocenters. The minimum Gasteiger partial charge on any atom is -0.385 e. The van der Waals surface area contributed by atoms with Gasteiger partial charge in [0.2, 0.25) is 0 Å². The van der Waals surface area contributed by atoms with Gasteiger partial charge in [0.05, 0.1) is 0 Å². The minimum atomic E-state index is -0.691. The summed E-state index contributed by atoms with van der Waals surface area (Å²) < 4.78 is 10.0. The summed E-state index contributed by atoms with van der Waals surface area (Å²) in [5, 5.41) is 12.7. The molecule has 1 atom stereocenters. The van der Waals surface area contributed by atoms with E-state index in [1.807, 2.05) is 6.92 Å². The van der Waals surface area contributed by atoms with Crippen molar-refractivity contribution in [2.75, 3.05) is 6.61 Å². The summed E-state index contributed by atoms with van der Waals surface area (Å²) in [6.45, 7) is 4.59. The zero-order valence-corrected chi connectivity index (χ0v) is 7.86. The van der Waals surface area contributed by atoms with E-state index < -0.39 is 6.10 Å². The van der Waals surface area contributed by atoms with E-state index in [0.717, 1.165) is 6.42 Å². The topological polar surface area (TPSA) is 68.4 Å². The van der Waals surface area contributed by atoms with Crippen molar-refractivity contribution in [1.29, 1.82) is 0 Å². The molecule has 1 aromatic heterocycles. The summed E-state index contributed by atoms with van der Waals surface area (Å²) in [6.07, 6.45) is 0.265. The van der Waals surface area contributed by atoms with E-state index in [1.165, 1.54) is 0 Å². The van der Waals surface area contributed by atoms with Gasteiger partial charge in [-0.1, -0.05) is 12.1 Å². The summed E-state index contributed by atoms with van der Waals surface area (Å²) in [5.41, 5.74) is 0. The highest BCUT2D eigenvalue weighted by Crippen LogP contribution is 2.07. The molecule has 0 radical (unpaired) electrons. The van der Waals surface area contributed by atoms with Crippen LogP contribution in [0.15, 0.2) is 4.52 Å². The molecular formula is C8H14N2O3. The van der Waals surface area contributed by atoms with Crippen LogP contribution in [0.1, 0.15) is 38.1 Å². The van der Waals surface area contributed by atoms with Gasteiger partial charge in [0.25, 0.3) is 5.89 Å². The fraction of sp³-hybridized carbons (Fsp3) is 0.750. The number of hydrogen-bond acceptors (Lipinski definition) is 5. The maximum atomic E-state index is 9.08. The Labute approximate surface area is 76.7 Å². The highest BCUT2D eigenvalue weighted by molar-refractivity contribution is 4.87. The predicted octanol–water partition coefficient (Wildman–Crippen LogP) is 1.05. The fourth-order valence-electron chi connectivity index (χ4n) is 0.800. The second-order valence-corrected chi connectivity index (χ2v) is 2.77. The second-order valence-electron chi connectivity index (χ2n) is 2.77. The first-order chi connectivity index (χ1) is 6.24. The van der Waals surface area contributed by atoms with Gasteiger partial charge in [-0.2, -0.15) is 4.98 Å². The Balaban J connectivity index is 2.40. The van der Waals surface area contributed by atoms with Gasteiger partial charge in [0.1, 0.15) is 12.7 Å². The number of aliphatic hydroxyl groups excluding tert-OH is 1. The van der Waals surface area contributed by atoms with Gasteiger partial charge < -0.3 is 14.4 Å². The smallest absolute Gasteiger partial charge is 0.252 e. The van der Waals surface area contributed by atoms with Crippen molar-refractivity contribution in [1.82, 2.24) is 10.1 Å². The summed E-state index contributed by atoms with van der Waals surface area (Å²) in [5.74, 6) is 0.708. The van der Waals surface area contributed by atoms with Crippen molar-refractivity contribution in [3.63, 3.8) is 0 Å². The van der Waals surface area contributed by atoms with Gasteiger partial charge in [-0.15, -0.1) is 0 Å². The molecule has 0 aliphatic heterocycles. The average molecular weight is 186 g/mol. The van der Waals surface area contributed by atoms with E-state index in [-0.39, 0.29) is 0 Å². The van der Waals surface area contributed by atoms with E-state index >= 15 is 0 Å². The molecule has 1 heterocycles. The van der Waals surface area contributed by atoms with Crippen LogP contribution in [0, 0.1) is 0 Å². The lowest BCUT2D eigenvalue weighted by Crippen LogP contribution is -1.96. The number of aromatic nitrogens is 2. The number of hydrogen-bond donors (Lipinski definition) is 1. The third-order valence-electron chi connectivity index (χ3n) is 1.43. The molecule has 0 aliphatic rings. The molecule has 0 amide bonds. The lowest BCUT2D eigenvalue weighted by molar-refractivity contribution is 0.0981. The van der Waals surface area contributed by atoms with Gasteiger partial charge in [0.15, 0.2) is 5.82 Å². The third kappa shape index (κ3) is 3.12. The van der Waals surface area contributed by atoms with Gasteiger partial charge in [0, 0.05) is 6.61 Å². The number of nitrogens with zero attached hydrogens (tertiary/aromatic N) is 2. The highest BCUT2D eigenvalue weighted by Gasteiger charge is 2.10. The van der Waals surface area contributed by atoms with Crippen LogP contribution in [0.4, 0.5) is 0 Å². The van der Waals surface area contributed by atoms with Crippen LogP contribution in [0.2, 0.25) is 0 Å². The van der Waals surface area contributed by atoms with E-state index in [1.54, 1.807) is 6.92 Å². The second kappa shape index (κ2) is 4.94. The minimum absolute atomic E-state index is 0.301.